The number of aliphatic carboxylic acids is 1. The van der Waals surface area contributed by atoms with Crippen molar-refractivity contribution < 1.29 is 33.7 Å². The molecule has 1 aromatic carbocycles. The summed E-state index contributed by atoms with van der Waals surface area (Å²) >= 11 is 0. The molecule has 3 rings (SSSR count). The number of ether oxygens (including phenoxy) is 3. The third-order valence-electron chi connectivity index (χ3n) is 5.52. The first-order valence-corrected chi connectivity index (χ1v) is 9.72. The van der Waals surface area contributed by atoms with Gasteiger partial charge in [0.15, 0.2) is 11.5 Å². The van der Waals surface area contributed by atoms with Gasteiger partial charge in [-0.05, 0) is 37.8 Å². The minimum Gasteiger partial charge on any atom is -0.493 e. The van der Waals surface area contributed by atoms with E-state index in [2.05, 4.69) is 5.32 Å². The molecule has 2 heterocycles. The van der Waals surface area contributed by atoms with Gasteiger partial charge in [-0.2, -0.15) is 0 Å². The van der Waals surface area contributed by atoms with Crippen molar-refractivity contribution in [1.29, 1.82) is 0 Å². The summed E-state index contributed by atoms with van der Waals surface area (Å²) in [5.74, 6) is -0.914. The van der Waals surface area contributed by atoms with Gasteiger partial charge in [0.25, 0.3) is 5.91 Å². The van der Waals surface area contributed by atoms with Crippen LogP contribution in [0.5, 0.6) is 17.2 Å². The van der Waals surface area contributed by atoms with Crippen LogP contribution < -0.4 is 19.5 Å². The van der Waals surface area contributed by atoms with E-state index in [4.69, 9.17) is 14.2 Å². The predicted octanol–water partition coefficient (Wildman–Crippen LogP) is 1.61. The van der Waals surface area contributed by atoms with Crippen LogP contribution in [-0.4, -0.2) is 67.2 Å². The number of carboxylic acids is 1. The summed E-state index contributed by atoms with van der Waals surface area (Å²) in [5.41, 5.74) is 0.232. The summed E-state index contributed by atoms with van der Waals surface area (Å²) in [6.07, 6.45) is 5.72. The van der Waals surface area contributed by atoms with E-state index in [0.29, 0.717) is 36.5 Å². The minimum absolute atomic E-state index is 0.171. The second-order valence-corrected chi connectivity index (χ2v) is 7.21. The number of nitrogens with one attached hydrogen (secondary N) is 1. The number of methoxy groups -OCH3 is 3. The Morgan fingerprint density at radius 3 is 2.23 bits per heavy atom. The van der Waals surface area contributed by atoms with Gasteiger partial charge in [-0.3, -0.25) is 9.59 Å². The molecule has 0 saturated carbocycles. The number of rotatable bonds is 6. The number of carboxylic acid groups (broad SMARTS) is 1. The smallest absolute Gasteiger partial charge is 0.326 e. The Kier molecular flexibility index (Phi) is 6.49. The first-order chi connectivity index (χ1) is 14.4. The van der Waals surface area contributed by atoms with Gasteiger partial charge in [0, 0.05) is 11.6 Å². The van der Waals surface area contributed by atoms with Crippen molar-refractivity contribution in [2.75, 3.05) is 21.3 Å². The number of carbonyl (C=O) groups is 3. The van der Waals surface area contributed by atoms with Gasteiger partial charge in [-0.1, -0.05) is 12.2 Å². The monoisotopic (exact) mass is 418 g/mol. The molecule has 2 N–H and O–H groups in total. The van der Waals surface area contributed by atoms with Gasteiger partial charge in [0.1, 0.15) is 12.1 Å². The first-order valence-electron chi connectivity index (χ1n) is 9.72. The lowest BCUT2D eigenvalue weighted by atomic mass is 10.0. The number of benzene rings is 1. The molecule has 2 aliphatic heterocycles. The lowest BCUT2D eigenvalue weighted by molar-refractivity contribution is -0.150. The zero-order valence-corrected chi connectivity index (χ0v) is 17.2. The van der Waals surface area contributed by atoms with Gasteiger partial charge >= 0.3 is 5.97 Å². The molecule has 0 radical (unpaired) electrons. The van der Waals surface area contributed by atoms with Crippen LogP contribution in [-0.2, 0) is 9.59 Å². The van der Waals surface area contributed by atoms with Crippen LogP contribution in [0.4, 0.5) is 0 Å². The SMILES string of the molecule is COc1cc(C(=O)N[C@H]2C/C=C\C[C@@H]3CC[C@@H](C(=O)O)N3C2=O)cc(OC)c1OC. The highest BCUT2D eigenvalue weighted by molar-refractivity contribution is 5.99. The zero-order valence-electron chi connectivity index (χ0n) is 17.2. The average Bonchev–Trinajstić information content (AvgIpc) is 3.16. The molecule has 0 aliphatic carbocycles. The molecule has 3 atom stereocenters. The number of amides is 2. The van der Waals surface area contributed by atoms with Gasteiger partial charge < -0.3 is 29.5 Å². The standard InChI is InChI=1S/C21H26N2O7/c1-28-16-10-12(11-17(29-2)18(16)30-3)19(24)22-14-7-5-4-6-13-8-9-15(21(26)27)23(13)20(14)25/h4-5,10-11,13-15H,6-9H2,1-3H3,(H,22,24)(H,26,27)/b5-4-/t13-,14+,15+/m1/s1. The topological polar surface area (TPSA) is 114 Å². The van der Waals surface area contributed by atoms with Crippen LogP contribution in [0.3, 0.4) is 0 Å². The molecular formula is C21H26N2O7. The highest BCUT2D eigenvalue weighted by Crippen LogP contribution is 2.38. The molecule has 0 unspecified atom stereocenters. The molecule has 9 nitrogen and oxygen atoms in total. The maximum atomic E-state index is 13.2. The normalized spacial score (nSPS) is 24.3. The van der Waals surface area contributed by atoms with Crippen LogP contribution in [0, 0.1) is 0 Å². The van der Waals surface area contributed by atoms with Gasteiger partial charge in [0.2, 0.25) is 11.7 Å². The lowest BCUT2D eigenvalue weighted by Crippen LogP contribution is -2.54. The molecule has 1 saturated heterocycles. The van der Waals surface area contributed by atoms with Crippen molar-refractivity contribution in [2.45, 2.75) is 43.8 Å². The van der Waals surface area contributed by atoms with Crippen molar-refractivity contribution in [3.8, 4) is 17.2 Å². The zero-order chi connectivity index (χ0) is 21.8. The van der Waals surface area contributed by atoms with E-state index in [1.807, 2.05) is 12.2 Å². The van der Waals surface area contributed by atoms with Gasteiger partial charge in [0.05, 0.1) is 21.3 Å². The number of carbonyl (C=O) groups excluding carboxylic acids is 2. The van der Waals surface area contributed by atoms with Crippen molar-refractivity contribution >= 4 is 17.8 Å². The minimum atomic E-state index is -1.02. The number of nitrogens with zero attached hydrogens (tertiary/aromatic N) is 1. The summed E-state index contributed by atoms with van der Waals surface area (Å²) in [6, 6.07) is 1.10. The third kappa shape index (κ3) is 4.05. The highest BCUT2D eigenvalue weighted by Gasteiger charge is 2.43. The Balaban J connectivity index is 1.86. The maximum absolute atomic E-state index is 13.2. The number of fused-ring (bicyclic) bond motifs is 1. The third-order valence-corrected chi connectivity index (χ3v) is 5.52. The molecule has 162 valence electrons. The van der Waals surface area contributed by atoms with Crippen LogP contribution >= 0.6 is 0 Å². The fourth-order valence-electron chi connectivity index (χ4n) is 4.03. The van der Waals surface area contributed by atoms with Crippen LogP contribution in [0.25, 0.3) is 0 Å². The van der Waals surface area contributed by atoms with E-state index in [1.165, 1.54) is 38.4 Å². The van der Waals surface area contributed by atoms with Crippen LogP contribution in [0.1, 0.15) is 36.0 Å². The van der Waals surface area contributed by atoms with E-state index in [1.54, 1.807) is 0 Å². The fourth-order valence-corrected chi connectivity index (χ4v) is 4.03. The van der Waals surface area contributed by atoms with E-state index in [0.717, 1.165) is 0 Å². The molecule has 0 aromatic heterocycles. The number of hydrogen-bond acceptors (Lipinski definition) is 6. The summed E-state index contributed by atoms with van der Waals surface area (Å²) in [5, 5.41) is 12.2. The molecule has 0 spiro atoms. The largest absolute Gasteiger partial charge is 0.493 e. The molecule has 2 aliphatic rings. The molecule has 9 heteroatoms. The van der Waals surface area contributed by atoms with Crippen molar-refractivity contribution in [2.24, 2.45) is 0 Å². The van der Waals surface area contributed by atoms with Gasteiger partial charge in [-0.25, -0.2) is 4.79 Å². The van der Waals surface area contributed by atoms with E-state index in [9.17, 15) is 19.5 Å². The van der Waals surface area contributed by atoms with Crippen LogP contribution in [0.2, 0.25) is 0 Å². The van der Waals surface area contributed by atoms with E-state index in [-0.39, 0.29) is 23.9 Å². The molecule has 30 heavy (non-hydrogen) atoms. The molecule has 0 bridgehead atoms. The fraction of sp³-hybridized carbons (Fsp3) is 0.476. The second-order valence-electron chi connectivity index (χ2n) is 7.21. The Morgan fingerprint density at radius 2 is 1.67 bits per heavy atom. The van der Waals surface area contributed by atoms with Crippen molar-refractivity contribution in [1.82, 2.24) is 10.2 Å². The lowest BCUT2D eigenvalue weighted by Gasteiger charge is -2.32. The predicted molar refractivity (Wildman–Crippen MR) is 107 cm³/mol. The summed E-state index contributed by atoms with van der Waals surface area (Å²) in [6.45, 7) is 0. The highest BCUT2D eigenvalue weighted by atomic mass is 16.5. The van der Waals surface area contributed by atoms with Crippen molar-refractivity contribution in [3.05, 3.63) is 29.8 Å². The molecule has 2 amide bonds. The molecule has 1 aromatic rings. The summed E-state index contributed by atoms with van der Waals surface area (Å²) in [7, 11) is 4.36. The Bertz CT molecular complexity index is 842. The maximum Gasteiger partial charge on any atom is 0.326 e. The average molecular weight is 418 g/mol. The summed E-state index contributed by atoms with van der Waals surface area (Å²) < 4.78 is 15.8. The van der Waals surface area contributed by atoms with Crippen LogP contribution in [0.15, 0.2) is 24.3 Å². The second kappa shape index (κ2) is 9.06. The molecule has 1 fully saturated rings. The summed E-state index contributed by atoms with van der Waals surface area (Å²) in [4.78, 5) is 39.1. The Labute approximate surface area is 174 Å². The Hall–Kier alpha value is -3.23. The Morgan fingerprint density at radius 1 is 1.03 bits per heavy atom. The quantitative estimate of drug-likeness (QED) is 0.675. The van der Waals surface area contributed by atoms with Gasteiger partial charge in [-0.15, -0.1) is 0 Å². The first kappa shape index (κ1) is 21.5. The van der Waals surface area contributed by atoms with E-state index < -0.39 is 24.0 Å². The number of hydrogen-bond donors (Lipinski definition) is 2. The van der Waals surface area contributed by atoms with E-state index >= 15 is 0 Å². The van der Waals surface area contributed by atoms with Crippen molar-refractivity contribution in [3.63, 3.8) is 0 Å². The molecular weight excluding hydrogens is 392 g/mol.